The molecule has 0 radical (unpaired) electrons. The van der Waals surface area contributed by atoms with Gasteiger partial charge in [0.25, 0.3) is 0 Å². The Balaban J connectivity index is 1.39. The van der Waals surface area contributed by atoms with Gasteiger partial charge in [0, 0.05) is 11.5 Å². The maximum absolute atomic E-state index is 12.2. The first kappa shape index (κ1) is 22.8. The lowest BCUT2D eigenvalue weighted by Crippen LogP contribution is -2.66. The molecule has 182 valence electrons. The van der Waals surface area contributed by atoms with Gasteiger partial charge in [-0.05, 0) is 86.0 Å². The fourth-order valence-corrected chi connectivity index (χ4v) is 8.45. The van der Waals surface area contributed by atoms with E-state index in [9.17, 15) is 19.8 Å². The number of cyclic esters (lactones) is 1. The van der Waals surface area contributed by atoms with Crippen molar-refractivity contribution in [3.8, 4) is 0 Å². The Labute approximate surface area is 194 Å². The average molecular weight is 462 g/mol. The first-order valence-corrected chi connectivity index (χ1v) is 12.3. The van der Waals surface area contributed by atoms with Crippen molar-refractivity contribution < 1.29 is 34.5 Å². The predicted octanol–water partition coefficient (Wildman–Crippen LogP) is 2.67. The molecule has 5 aliphatic rings. The van der Waals surface area contributed by atoms with Gasteiger partial charge in [0.2, 0.25) is 6.61 Å². The normalized spacial score (nSPS) is 47.9. The minimum atomic E-state index is -1.04. The number of oxime groups is 1. The number of hydrogen-bond acceptors (Lipinski definition) is 7. The number of carbonyl (C=O) groups excluding carboxylic acids is 1. The highest BCUT2D eigenvalue weighted by Crippen LogP contribution is 2.69. The summed E-state index contributed by atoms with van der Waals surface area (Å²) >= 11 is 0. The lowest BCUT2D eigenvalue weighted by molar-refractivity contribution is -0.240. The van der Waals surface area contributed by atoms with Gasteiger partial charge in [-0.2, -0.15) is 0 Å². The highest BCUT2D eigenvalue weighted by molar-refractivity contribution is 5.86. The van der Waals surface area contributed by atoms with Gasteiger partial charge in [-0.15, -0.1) is 0 Å². The number of ether oxygens (including phenoxy) is 1. The van der Waals surface area contributed by atoms with Crippen LogP contribution in [0.5, 0.6) is 0 Å². The fraction of sp³-hybridized carbons (Fsp3) is 0.800. The molecule has 0 unspecified atom stereocenters. The number of carboxylic acids is 1. The Morgan fingerprint density at radius 1 is 1.24 bits per heavy atom. The zero-order valence-corrected chi connectivity index (χ0v) is 19.5. The summed E-state index contributed by atoms with van der Waals surface area (Å²) < 4.78 is 5.17. The van der Waals surface area contributed by atoms with Crippen LogP contribution in [0.25, 0.3) is 0 Å². The lowest BCUT2D eigenvalue weighted by Gasteiger charge is -2.64. The number of esters is 1. The molecule has 8 heteroatoms. The molecule has 1 heterocycles. The van der Waals surface area contributed by atoms with Crippen LogP contribution in [-0.4, -0.2) is 57.9 Å². The molecule has 0 saturated heterocycles. The third-order valence-corrected chi connectivity index (χ3v) is 10.3. The maximum Gasteiger partial charge on any atom is 0.344 e. The summed E-state index contributed by atoms with van der Waals surface area (Å²) in [6.45, 7) is 4.17. The molecule has 0 aromatic carbocycles. The van der Waals surface area contributed by atoms with Crippen molar-refractivity contribution in [3.05, 3.63) is 11.6 Å². The number of hydrogen-bond donors (Lipinski definition) is 3. The average Bonchev–Trinajstić information content (AvgIpc) is 3.30. The second-order valence-corrected chi connectivity index (χ2v) is 11.4. The molecular formula is C25H35NO7. The summed E-state index contributed by atoms with van der Waals surface area (Å²) in [4.78, 5) is 27.4. The number of carboxylic acid groups (broad SMARTS) is 1. The molecule has 0 aromatic heterocycles. The van der Waals surface area contributed by atoms with E-state index in [1.54, 1.807) is 6.08 Å². The molecule has 4 fully saturated rings. The summed E-state index contributed by atoms with van der Waals surface area (Å²) in [5.41, 5.74) is 0.144. The molecule has 5 rings (SSSR count). The molecule has 0 spiro atoms. The lowest BCUT2D eigenvalue weighted by atomic mass is 9.42. The van der Waals surface area contributed by atoms with Crippen molar-refractivity contribution in [2.75, 3.05) is 13.2 Å². The van der Waals surface area contributed by atoms with Crippen LogP contribution in [0, 0.1) is 34.5 Å². The largest absolute Gasteiger partial charge is 0.479 e. The van der Waals surface area contributed by atoms with Crippen LogP contribution in [-0.2, 0) is 19.2 Å². The highest BCUT2D eigenvalue weighted by Gasteiger charge is 2.70. The molecule has 8 nitrogen and oxygen atoms in total. The highest BCUT2D eigenvalue weighted by atomic mass is 16.6. The minimum absolute atomic E-state index is 0.0173. The van der Waals surface area contributed by atoms with Gasteiger partial charge < -0.3 is 24.9 Å². The molecule has 33 heavy (non-hydrogen) atoms. The van der Waals surface area contributed by atoms with Gasteiger partial charge in [-0.1, -0.05) is 19.0 Å². The molecule has 1 aliphatic heterocycles. The molecular weight excluding hydrogens is 426 g/mol. The van der Waals surface area contributed by atoms with Crippen molar-refractivity contribution in [2.24, 2.45) is 39.7 Å². The number of aliphatic hydroxyl groups excluding tert-OH is 1. The Kier molecular flexibility index (Phi) is 5.40. The van der Waals surface area contributed by atoms with E-state index < -0.39 is 29.7 Å². The third-order valence-electron chi connectivity index (χ3n) is 10.3. The summed E-state index contributed by atoms with van der Waals surface area (Å²) in [6.07, 6.45) is 7.23. The van der Waals surface area contributed by atoms with Crippen LogP contribution in [0.1, 0.15) is 65.2 Å². The topological polar surface area (TPSA) is 126 Å². The van der Waals surface area contributed by atoms with Gasteiger partial charge in [0.15, 0.2) is 0 Å². The van der Waals surface area contributed by atoms with E-state index in [0.717, 1.165) is 49.8 Å². The van der Waals surface area contributed by atoms with Crippen molar-refractivity contribution in [3.63, 3.8) is 0 Å². The second kappa shape index (κ2) is 7.80. The molecule has 0 bridgehead atoms. The number of fused-ring (bicyclic) bond motifs is 5. The summed E-state index contributed by atoms with van der Waals surface area (Å²) in [6, 6.07) is 0. The van der Waals surface area contributed by atoms with Gasteiger partial charge >= 0.3 is 11.9 Å². The monoisotopic (exact) mass is 461 g/mol. The SMILES string of the molecule is C[C@]12CCC(=NOCC(=O)O)C[C@H]1CC[C@@H]1[C@@H]2C[C@@H](O)[C@]2(C)[C@@H](C3=CC(=O)OC3)CC[C@]12O. The van der Waals surface area contributed by atoms with E-state index in [0.29, 0.717) is 18.8 Å². The van der Waals surface area contributed by atoms with Crippen LogP contribution in [0.2, 0.25) is 0 Å². The van der Waals surface area contributed by atoms with Gasteiger partial charge in [0.1, 0.15) is 6.61 Å². The zero-order chi connectivity index (χ0) is 23.6. The van der Waals surface area contributed by atoms with E-state index >= 15 is 0 Å². The van der Waals surface area contributed by atoms with E-state index in [1.807, 2.05) is 6.92 Å². The quantitative estimate of drug-likeness (QED) is 0.434. The molecule has 4 saturated carbocycles. The van der Waals surface area contributed by atoms with Crippen molar-refractivity contribution in [1.82, 2.24) is 0 Å². The van der Waals surface area contributed by atoms with Crippen LogP contribution < -0.4 is 0 Å². The van der Waals surface area contributed by atoms with E-state index in [-0.39, 0.29) is 35.7 Å². The van der Waals surface area contributed by atoms with Gasteiger partial charge in [0.05, 0.1) is 17.4 Å². The summed E-state index contributed by atoms with van der Waals surface area (Å²) in [7, 11) is 0. The van der Waals surface area contributed by atoms with Crippen molar-refractivity contribution in [2.45, 2.75) is 76.9 Å². The van der Waals surface area contributed by atoms with E-state index in [1.165, 1.54) is 0 Å². The number of aliphatic hydroxyl groups is 2. The zero-order valence-electron chi connectivity index (χ0n) is 19.5. The van der Waals surface area contributed by atoms with Crippen molar-refractivity contribution in [1.29, 1.82) is 0 Å². The second-order valence-electron chi connectivity index (χ2n) is 11.4. The summed E-state index contributed by atoms with van der Waals surface area (Å²) in [5, 5.41) is 36.7. The number of carbonyl (C=O) groups is 2. The molecule has 3 N–H and O–H groups in total. The Bertz CT molecular complexity index is 914. The van der Waals surface area contributed by atoms with Crippen LogP contribution in [0.4, 0.5) is 0 Å². The van der Waals surface area contributed by atoms with Crippen LogP contribution in [0.15, 0.2) is 16.8 Å². The van der Waals surface area contributed by atoms with E-state index in [4.69, 9.17) is 14.7 Å². The fourth-order valence-electron chi connectivity index (χ4n) is 8.45. The first-order valence-electron chi connectivity index (χ1n) is 12.3. The predicted molar refractivity (Wildman–Crippen MR) is 118 cm³/mol. The maximum atomic E-state index is 12.2. The Morgan fingerprint density at radius 3 is 2.73 bits per heavy atom. The Hall–Kier alpha value is -1.93. The first-order chi connectivity index (χ1) is 15.6. The Morgan fingerprint density at radius 2 is 2.03 bits per heavy atom. The van der Waals surface area contributed by atoms with E-state index in [2.05, 4.69) is 12.1 Å². The molecule has 0 amide bonds. The van der Waals surface area contributed by atoms with Gasteiger partial charge in [-0.25, -0.2) is 9.59 Å². The van der Waals surface area contributed by atoms with Crippen molar-refractivity contribution >= 4 is 17.7 Å². The summed E-state index contributed by atoms with van der Waals surface area (Å²) in [5.74, 6) is -0.718. The van der Waals surface area contributed by atoms with Gasteiger partial charge in [-0.3, -0.25) is 0 Å². The molecule has 4 aliphatic carbocycles. The number of rotatable bonds is 4. The number of nitrogens with zero attached hydrogens (tertiary/aromatic N) is 1. The minimum Gasteiger partial charge on any atom is -0.479 e. The number of aliphatic carboxylic acids is 1. The van der Waals surface area contributed by atoms with Crippen LogP contribution in [0.3, 0.4) is 0 Å². The van der Waals surface area contributed by atoms with Crippen LogP contribution >= 0.6 is 0 Å². The molecule has 0 aromatic rings. The third kappa shape index (κ3) is 3.27. The molecule has 8 atom stereocenters. The standard InChI is InChI=1S/C25H35NO7/c1-23-7-5-16(26-33-13-21(28)29)10-15(23)3-4-18-19(23)11-20(27)24(2)17(6-8-25(18,24)31)14-9-22(30)32-12-14/h9,15,17-20,27,31H,3-8,10-13H2,1-2H3,(H,28,29)/t15-,17-,18-,19+,20-,23+,24+,25+/m1/s1. The smallest absolute Gasteiger partial charge is 0.344 e.